The fourth-order valence-electron chi connectivity index (χ4n) is 3.47. The summed E-state index contributed by atoms with van der Waals surface area (Å²) < 4.78 is 16.4. The lowest BCUT2D eigenvalue weighted by Crippen LogP contribution is -2.34. The molecular formula is C25H44O6. The van der Waals surface area contributed by atoms with Gasteiger partial charge in [-0.05, 0) is 38.5 Å². The van der Waals surface area contributed by atoms with Gasteiger partial charge in [0.1, 0.15) is 13.2 Å². The van der Waals surface area contributed by atoms with Gasteiger partial charge >= 0.3 is 17.9 Å². The van der Waals surface area contributed by atoms with Crippen molar-refractivity contribution in [2.24, 2.45) is 11.8 Å². The third-order valence-corrected chi connectivity index (χ3v) is 5.13. The Kier molecular flexibility index (Phi) is 17.8. The molecule has 0 aliphatic carbocycles. The number of unbranched alkanes of at least 4 members (excludes halogenated alkanes) is 1. The van der Waals surface area contributed by atoms with Crippen LogP contribution < -0.4 is 0 Å². The molecule has 0 bridgehead atoms. The predicted octanol–water partition coefficient (Wildman–Crippen LogP) is 5.77. The number of ether oxygens (including phenoxy) is 3. The molecule has 6 nitrogen and oxygen atoms in total. The number of carbonyl (C=O) groups is 3. The van der Waals surface area contributed by atoms with Crippen LogP contribution >= 0.6 is 0 Å². The third kappa shape index (κ3) is 13.9. The first kappa shape index (κ1) is 29.1. The summed E-state index contributed by atoms with van der Waals surface area (Å²) in [6.45, 7) is 11.6. The summed E-state index contributed by atoms with van der Waals surface area (Å²) in [5.74, 6) is -1.29. The normalized spacial score (nSPS) is 11.9. The summed E-state index contributed by atoms with van der Waals surface area (Å²) in [6, 6.07) is 0. The Morgan fingerprint density at radius 1 is 0.774 bits per heavy atom. The van der Waals surface area contributed by atoms with E-state index in [2.05, 4.69) is 6.58 Å². The van der Waals surface area contributed by atoms with Gasteiger partial charge in [0, 0.05) is 6.42 Å². The molecule has 0 aliphatic rings. The van der Waals surface area contributed by atoms with Crippen LogP contribution in [0.2, 0.25) is 0 Å². The maximum Gasteiger partial charge on any atom is 0.309 e. The monoisotopic (exact) mass is 440 g/mol. The van der Waals surface area contributed by atoms with Gasteiger partial charge in [0.2, 0.25) is 0 Å². The van der Waals surface area contributed by atoms with Crippen molar-refractivity contribution in [2.75, 3.05) is 13.2 Å². The minimum Gasteiger partial charge on any atom is -0.462 e. The van der Waals surface area contributed by atoms with Crippen molar-refractivity contribution in [2.45, 2.75) is 104 Å². The molecule has 0 spiro atoms. The molecule has 0 rings (SSSR count). The second-order valence-electron chi connectivity index (χ2n) is 8.10. The second-order valence-corrected chi connectivity index (χ2v) is 8.10. The Hall–Kier alpha value is -1.85. The maximum absolute atomic E-state index is 12.7. The SMILES string of the molecule is C=CCCCC(=O)OCC(COC(=O)C(CCC)CCC)OC(=O)C(CCC)CCC. The van der Waals surface area contributed by atoms with Crippen molar-refractivity contribution >= 4 is 17.9 Å². The third-order valence-electron chi connectivity index (χ3n) is 5.13. The van der Waals surface area contributed by atoms with E-state index in [1.54, 1.807) is 6.08 Å². The summed E-state index contributed by atoms with van der Waals surface area (Å²) >= 11 is 0. The first-order valence-electron chi connectivity index (χ1n) is 12.1. The standard InChI is InChI=1S/C25H44O6/c1-6-11-12-17-23(26)29-18-22(31-25(28)21(15-9-4)16-10-5)19-30-24(27)20(13-7-2)14-8-3/h6,20-22H,1,7-19H2,2-5H3. The Labute approximate surface area is 189 Å². The number of carbonyl (C=O) groups excluding carboxylic acids is 3. The number of hydrogen-bond acceptors (Lipinski definition) is 6. The maximum atomic E-state index is 12.7. The molecule has 0 aliphatic heterocycles. The van der Waals surface area contributed by atoms with E-state index < -0.39 is 6.10 Å². The lowest BCUT2D eigenvalue weighted by Gasteiger charge is -2.22. The van der Waals surface area contributed by atoms with Crippen molar-refractivity contribution in [3.8, 4) is 0 Å². The molecule has 0 fully saturated rings. The van der Waals surface area contributed by atoms with E-state index in [1.807, 2.05) is 27.7 Å². The molecule has 1 unspecified atom stereocenters. The van der Waals surface area contributed by atoms with E-state index in [-0.39, 0.29) is 49.4 Å². The summed E-state index contributed by atoms with van der Waals surface area (Å²) in [5.41, 5.74) is 0. The smallest absolute Gasteiger partial charge is 0.309 e. The van der Waals surface area contributed by atoms with Crippen LogP contribution in [0.4, 0.5) is 0 Å². The molecule has 31 heavy (non-hydrogen) atoms. The van der Waals surface area contributed by atoms with Crippen molar-refractivity contribution in [3.63, 3.8) is 0 Å². The first-order valence-corrected chi connectivity index (χ1v) is 12.1. The molecule has 0 N–H and O–H groups in total. The highest BCUT2D eigenvalue weighted by Gasteiger charge is 2.26. The number of rotatable bonds is 19. The van der Waals surface area contributed by atoms with Gasteiger partial charge in [-0.2, -0.15) is 0 Å². The average molecular weight is 441 g/mol. The highest BCUT2D eigenvalue weighted by Crippen LogP contribution is 2.18. The topological polar surface area (TPSA) is 78.9 Å². The van der Waals surface area contributed by atoms with Crippen LogP contribution in [-0.4, -0.2) is 37.2 Å². The first-order chi connectivity index (χ1) is 14.9. The van der Waals surface area contributed by atoms with Gasteiger partial charge in [0.25, 0.3) is 0 Å². The zero-order valence-corrected chi connectivity index (χ0v) is 20.2. The van der Waals surface area contributed by atoms with E-state index in [4.69, 9.17) is 14.2 Å². The van der Waals surface area contributed by atoms with Gasteiger partial charge in [-0.25, -0.2) is 0 Å². The average Bonchev–Trinajstić information content (AvgIpc) is 2.75. The molecule has 0 aromatic heterocycles. The molecule has 1 atom stereocenters. The molecule has 0 saturated carbocycles. The van der Waals surface area contributed by atoms with Crippen LogP contribution in [0.15, 0.2) is 12.7 Å². The lowest BCUT2D eigenvalue weighted by molar-refractivity contribution is -0.171. The largest absolute Gasteiger partial charge is 0.462 e. The molecule has 180 valence electrons. The highest BCUT2D eigenvalue weighted by atomic mass is 16.6. The van der Waals surface area contributed by atoms with Crippen molar-refractivity contribution < 1.29 is 28.6 Å². The Bertz CT molecular complexity index is 504. The molecule has 0 amide bonds. The van der Waals surface area contributed by atoms with Crippen LogP contribution in [-0.2, 0) is 28.6 Å². The van der Waals surface area contributed by atoms with E-state index in [9.17, 15) is 14.4 Å². The molecule has 0 heterocycles. The Balaban J connectivity index is 4.98. The summed E-state index contributed by atoms with van der Waals surface area (Å²) in [4.78, 5) is 37.1. The molecule has 0 radical (unpaired) electrons. The van der Waals surface area contributed by atoms with Crippen molar-refractivity contribution in [1.82, 2.24) is 0 Å². The Morgan fingerprint density at radius 3 is 1.74 bits per heavy atom. The van der Waals surface area contributed by atoms with Crippen LogP contribution in [0.1, 0.15) is 98.3 Å². The zero-order valence-electron chi connectivity index (χ0n) is 20.2. The van der Waals surface area contributed by atoms with Gasteiger partial charge in [0.15, 0.2) is 6.10 Å². The predicted molar refractivity (Wildman–Crippen MR) is 122 cm³/mol. The van der Waals surface area contributed by atoms with Gasteiger partial charge in [-0.15, -0.1) is 6.58 Å². The summed E-state index contributed by atoms with van der Waals surface area (Å²) in [7, 11) is 0. The number of esters is 3. The molecule has 6 heteroatoms. The van der Waals surface area contributed by atoms with E-state index in [1.165, 1.54) is 0 Å². The molecule has 0 saturated heterocycles. The van der Waals surface area contributed by atoms with Crippen molar-refractivity contribution in [3.05, 3.63) is 12.7 Å². The zero-order chi connectivity index (χ0) is 23.5. The highest BCUT2D eigenvalue weighted by molar-refractivity contribution is 5.73. The number of hydrogen-bond donors (Lipinski definition) is 0. The fourth-order valence-corrected chi connectivity index (χ4v) is 3.47. The van der Waals surface area contributed by atoms with Gasteiger partial charge in [-0.3, -0.25) is 14.4 Å². The minimum atomic E-state index is -0.792. The lowest BCUT2D eigenvalue weighted by atomic mass is 9.98. The van der Waals surface area contributed by atoms with Crippen LogP contribution in [0.3, 0.4) is 0 Å². The molecule has 0 aromatic rings. The van der Waals surface area contributed by atoms with E-state index in [0.717, 1.165) is 57.8 Å². The quantitative estimate of drug-likeness (QED) is 0.110. The molecular weight excluding hydrogens is 396 g/mol. The fraction of sp³-hybridized carbons (Fsp3) is 0.800. The van der Waals surface area contributed by atoms with Gasteiger partial charge in [-0.1, -0.05) is 59.5 Å². The minimum absolute atomic E-state index is 0.0978. The number of allylic oxidation sites excluding steroid dienone is 1. The van der Waals surface area contributed by atoms with Crippen LogP contribution in [0, 0.1) is 11.8 Å². The second kappa shape index (κ2) is 18.9. The van der Waals surface area contributed by atoms with Crippen LogP contribution in [0.25, 0.3) is 0 Å². The van der Waals surface area contributed by atoms with Crippen molar-refractivity contribution in [1.29, 1.82) is 0 Å². The summed E-state index contributed by atoms with van der Waals surface area (Å²) in [5, 5.41) is 0. The Morgan fingerprint density at radius 2 is 1.26 bits per heavy atom. The van der Waals surface area contributed by atoms with Gasteiger partial charge < -0.3 is 14.2 Å². The van der Waals surface area contributed by atoms with E-state index >= 15 is 0 Å². The summed E-state index contributed by atoms with van der Waals surface area (Å²) in [6.07, 6.45) is 9.22. The molecule has 0 aromatic carbocycles. The van der Waals surface area contributed by atoms with Gasteiger partial charge in [0.05, 0.1) is 11.8 Å². The van der Waals surface area contributed by atoms with E-state index in [0.29, 0.717) is 6.42 Å². The van der Waals surface area contributed by atoms with Crippen LogP contribution in [0.5, 0.6) is 0 Å².